The fourth-order valence-corrected chi connectivity index (χ4v) is 4.32. The maximum absolute atomic E-state index is 13.5. The lowest BCUT2D eigenvalue weighted by Crippen LogP contribution is -2.13. The number of rotatable bonds is 8. The van der Waals surface area contributed by atoms with Crippen LogP contribution in [0.25, 0.3) is 10.3 Å². The lowest BCUT2D eigenvalue weighted by Gasteiger charge is -2.14. The molecule has 6 nitrogen and oxygen atoms in total. The third kappa shape index (κ3) is 5.13. The van der Waals surface area contributed by atoms with Gasteiger partial charge in [0, 0.05) is 12.6 Å². The number of benzene rings is 1. The summed E-state index contributed by atoms with van der Waals surface area (Å²) in [5.74, 6) is -0.148. The van der Waals surface area contributed by atoms with Crippen molar-refractivity contribution in [1.82, 2.24) is 19.9 Å². The summed E-state index contributed by atoms with van der Waals surface area (Å²) in [6.45, 7) is 5.80. The summed E-state index contributed by atoms with van der Waals surface area (Å²) in [6, 6.07) is 9.48. The van der Waals surface area contributed by atoms with Crippen LogP contribution in [0, 0.1) is 19.7 Å². The normalized spacial score (nSPS) is 12.1. The molecule has 1 N–H and O–H groups in total. The van der Waals surface area contributed by atoms with E-state index in [1.54, 1.807) is 6.20 Å². The van der Waals surface area contributed by atoms with E-state index in [0.717, 1.165) is 24.0 Å². The number of anilines is 1. The van der Waals surface area contributed by atoms with E-state index in [0.29, 0.717) is 34.0 Å². The van der Waals surface area contributed by atoms with Crippen LogP contribution < -0.4 is 5.32 Å². The van der Waals surface area contributed by atoms with Crippen molar-refractivity contribution in [2.75, 3.05) is 5.32 Å². The molecule has 4 rings (SSSR count). The number of pyridine rings is 1. The number of hydrogen-bond acceptors (Lipinski definition) is 7. The minimum atomic E-state index is -0.410. The Balaban J connectivity index is 1.53. The van der Waals surface area contributed by atoms with Gasteiger partial charge in [0.2, 0.25) is 5.95 Å². The highest BCUT2D eigenvalue weighted by atomic mass is 32.1. The third-order valence-electron chi connectivity index (χ3n) is 5.19. The van der Waals surface area contributed by atoms with Gasteiger partial charge in [0.25, 0.3) is 0 Å². The van der Waals surface area contributed by atoms with Gasteiger partial charge in [-0.3, -0.25) is 9.78 Å². The first kappa shape index (κ1) is 22.0. The number of nitrogens with one attached hydrogen (secondary N) is 1. The molecule has 32 heavy (non-hydrogen) atoms. The van der Waals surface area contributed by atoms with Gasteiger partial charge in [-0.1, -0.05) is 29.8 Å². The van der Waals surface area contributed by atoms with Crippen molar-refractivity contribution in [3.05, 3.63) is 75.9 Å². The molecular formula is C24H24FN5OS. The van der Waals surface area contributed by atoms with Crippen molar-refractivity contribution in [1.29, 1.82) is 0 Å². The molecule has 1 atom stereocenters. The van der Waals surface area contributed by atoms with Crippen molar-refractivity contribution in [3.63, 3.8) is 0 Å². The quantitative estimate of drug-likeness (QED) is 0.352. The molecule has 0 aliphatic rings. The summed E-state index contributed by atoms with van der Waals surface area (Å²) in [6.07, 6.45) is 4.70. The van der Waals surface area contributed by atoms with Crippen molar-refractivity contribution in [2.24, 2.45) is 0 Å². The number of ketones is 1. The molecular weight excluding hydrogens is 425 g/mol. The standard InChI is InChI=1S/C24H24FN5OS/c1-14-7-9-17(10-8-14)5-4-6-20(31)21-22-23(28-16(3)32-22)30-24(29-21)27-15(2)18-11-19(25)13-26-12-18/h7-13,15H,4-6H2,1-3H3,(H,27,29,30). The predicted octanol–water partition coefficient (Wildman–Crippen LogP) is 5.62. The van der Waals surface area contributed by atoms with Crippen molar-refractivity contribution < 1.29 is 9.18 Å². The van der Waals surface area contributed by atoms with E-state index in [1.807, 2.05) is 13.8 Å². The average molecular weight is 450 g/mol. The molecule has 4 aromatic rings. The third-order valence-corrected chi connectivity index (χ3v) is 6.15. The average Bonchev–Trinajstić information content (AvgIpc) is 3.14. The Bertz CT molecular complexity index is 1260. The zero-order valence-corrected chi connectivity index (χ0v) is 19.0. The maximum Gasteiger partial charge on any atom is 0.225 e. The van der Waals surface area contributed by atoms with Crippen molar-refractivity contribution in [3.8, 4) is 0 Å². The van der Waals surface area contributed by atoms with E-state index in [2.05, 4.69) is 56.4 Å². The van der Waals surface area contributed by atoms with Gasteiger partial charge in [0.1, 0.15) is 16.2 Å². The fourth-order valence-electron chi connectivity index (χ4n) is 3.45. The minimum Gasteiger partial charge on any atom is -0.348 e. The second-order valence-electron chi connectivity index (χ2n) is 7.85. The summed E-state index contributed by atoms with van der Waals surface area (Å²) < 4.78 is 14.2. The van der Waals surface area contributed by atoms with Gasteiger partial charge in [-0.25, -0.2) is 14.4 Å². The minimum absolute atomic E-state index is 0.0312. The Morgan fingerprint density at radius 1 is 1.12 bits per heavy atom. The molecule has 0 saturated carbocycles. The Kier molecular flexibility index (Phi) is 6.50. The molecule has 0 bridgehead atoms. The molecule has 0 saturated heterocycles. The van der Waals surface area contributed by atoms with E-state index in [1.165, 1.54) is 28.5 Å². The van der Waals surface area contributed by atoms with Gasteiger partial charge in [-0.15, -0.1) is 11.3 Å². The topological polar surface area (TPSA) is 80.7 Å². The first-order chi connectivity index (χ1) is 15.4. The Hall–Kier alpha value is -3.26. The van der Waals surface area contributed by atoms with Crippen LogP contribution in [0.2, 0.25) is 0 Å². The largest absolute Gasteiger partial charge is 0.348 e. The number of carbonyl (C=O) groups excluding carboxylic acids is 1. The molecule has 0 spiro atoms. The van der Waals surface area contributed by atoms with E-state index in [4.69, 9.17) is 0 Å². The van der Waals surface area contributed by atoms with Crippen LogP contribution in [-0.2, 0) is 6.42 Å². The van der Waals surface area contributed by atoms with Crippen LogP contribution in [0.15, 0.2) is 42.7 Å². The van der Waals surface area contributed by atoms with Crippen LogP contribution in [0.5, 0.6) is 0 Å². The number of aryl methyl sites for hydroxylation is 3. The fraction of sp³-hybridized carbons (Fsp3) is 0.292. The SMILES string of the molecule is Cc1ccc(CCCC(=O)c2nc(NC(C)c3cncc(F)c3)nc3nc(C)sc23)cc1. The number of thiazole rings is 1. The van der Waals surface area contributed by atoms with Gasteiger partial charge in [0.05, 0.1) is 17.2 Å². The summed E-state index contributed by atoms with van der Waals surface area (Å²) in [7, 11) is 0. The molecule has 0 aliphatic carbocycles. The molecule has 0 aliphatic heterocycles. The number of fused-ring (bicyclic) bond motifs is 1. The van der Waals surface area contributed by atoms with Crippen LogP contribution in [0.4, 0.5) is 10.3 Å². The molecule has 3 heterocycles. The first-order valence-electron chi connectivity index (χ1n) is 10.5. The van der Waals surface area contributed by atoms with E-state index in [9.17, 15) is 9.18 Å². The number of nitrogens with zero attached hydrogens (tertiary/aromatic N) is 4. The summed E-state index contributed by atoms with van der Waals surface area (Å²) >= 11 is 1.42. The van der Waals surface area contributed by atoms with Gasteiger partial charge >= 0.3 is 0 Å². The van der Waals surface area contributed by atoms with Gasteiger partial charge in [0.15, 0.2) is 11.4 Å². The molecule has 1 aromatic carbocycles. The van der Waals surface area contributed by atoms with Crippen LogP contribution in [0.1, 0.15) is 58.0 Å². The second-order valence-corrected chi connectivity index (χ2v) is 9.05. The molecule has 0 amide bonds. The van der Waals surface area contributed by atoms with Crippen LogP contribution in [-0.4, -0.2) is 25.7 Å². The summed E-state index contributed by atoms with van der Waals surface area (Å²) in [4.78, 5) is 30.4. The lowest BCUT2D eigenvalue weighted by molar-refractivity contribution is 0.0977. The Labute approximate surface area is 190 Å². The van der Waals surface area contributed by atoms with Gasteiger partial charge in [-0.2, -0.15) is 4.98 Å². The van der Waals surface area contributed by atoms with Crippen molar-refractivity contribution in [2.45, 2.75) is 46.1 Å². The van der Waals surface area contributed by atoms with Gasteiger partial charge in [-0.05, 0) is 50.8 Å². The number of hydrogen-bond donors (Lipinski definition) is 1. The summed E-state index contributed by atoms with van der Waals surface area (Å²) in [5.41, 5.74) is 3.98. The highest BCUT2D eigenvalue weighted by Crippen LogP contribution is 2.27. The number of carbonyl (C=O) groups is 1. The number of halogens is 1. The molecule has 8 heteroatoms. The first-order valence-corrected chi connectivity index (χ1v) is 11.3. The predicted molar refractivity (Wildman–Crippen MR) is 125 cm³/mol. The molecule has 0 fully saturated rings. The molecule has 164 valence electrons. The number of Topliss-reactive ketones (excluding diaryl/α,β-unsaturated/α-hetero) is 1. The summed E-state index contributed by atoms with van der Waals surface area (Å²) in [5, 5.41) is 3.97. The molecule has 3 aromatic heterocycles. The lowest BCUT2D eigenvalue weighted by atomic mass is 10.0. The van der Waals surface area contributed by atoms with E-state index < -0.39 is 5.82 Å². The Morgan fingerprint density at radius 2 is 1.91 bits per heavy atom. The highest BCUT2D eigenvalue weighted by Gasteiger charge is 2.19. The highest BCUT2D eigenvalue weighted by molar-refractivity contribution is 7.18. The maximum atomic E-state index is 13.5. The molecule has 1 unspecified atom stereocenters. The Morgan fingerprint density at radius 3 is 2.66 bits per heavy atom. The zero-order valence-electron chi connectivity index (χ0n) is 18.2. The van der Waals surface area contributed by atoms with E-state index >= 15 is 0 Å². The number of aromatic nitrogens is 4. The second kappa shape index (κ2) is 9.48. The van der Waals surface area contributed by atoms with Crippen molar-refractivity contribution >= 4 is 33.4 Å². The van der Waals surface area contributed by atoms with Crippen LogP contribution >= 0.6 is 11.3 Å². The van der Waals surface area contributed by atoms with Gasteiger partial charge < -0.3 is 5.32 Å². The van der Waals surface area contributed by atoms with Crippen LogP contribution in [0.3, 0.4) is 0 Å². The molecule has 0 radical (unpaired) electrons. The monoisotopic (exact) mass is 449 g/mol. The zero-order chi connectivity index (χ0) is 22.7. The van der Waals surface area contributed by atoms with E-state index in [-0.39, 0.29) is 11.8 Å². The smallest absolute Gasteiger partial charge is 0.225 e.